The lowest BCUT2D eigenvalue weighted by molar-refractivity contribution is 0.0929. The Morgan fingerprint density at radius 1 is 1.21 bits per heavy atom. The molecule has 1 saturated carbocycles. The van der Waals surface area contributed by atoms with Crippen molar-refractivity contribution in [3.05, 3.63) is 42.0 Å². The number of nitrogens with one attached hydrogen (secondary N) is 1. The van der Waals surface area contributed by atoms with Crippen LogP contribution < -0.4 is 10.2 Å². The van der Waals surface area contributed by atoms with Gasteiger partial charge in [-0.15, -0.1) is 0 Å². The van der Waals surface area contributed by atoms with Crippen molar-refractivity contribution in [3.8, 4) is 0 Å². The summed E-state index contributed by atoms with van der Waals surface area (Å²) < 4.78 is 1.75. The molecule has 2 aliphatic rings. The summed E-state index contributed by atoms with van der Waals surface area (Å²) >= 11 is 0. The molecular formula is C18H23N5O. The molecule has 2 aromatic rings. The van der Waals surface area contributed by atoms with Crippen molar-refractivity contribution in [1.82, 2.24) is 20.1 Å². The maximum Gasteiger partial charge on any atom is 0.251 e. The number of anilines is 1. The number of rotatable bonds is 5. The molecule has 1 amide bonds. The molecule has 2 fully saturated rings. The Labute approximate surface area is 141 Å². The standard InChI is InChI=1S/C18H23N5O/c1-22-17(19-12-20-22)16(13-4-5-13)21-18(24)14-6-8-15(9-7-14)23-10-2-3-11-23/h6-9,12-13,16H,2-5,10-11H2,1H3,(H,21,24)/t16-/m0/s1. The quantitative estimate of drug-likeness (QED) is 0.916. The average molecular weight is 325 g/mol. The van der Waals surface area contributed by atoms with Gasteiger partial charge in [0, 0.05) is 31.4 Å². The zero-order valence-corrected chi connectivity index (χ0v) is 14.0. The lowest BCUT2D eigenvalue weighted by Crippen LogP contribution is -2.31. The molecule has 0 bridgehead atoms. The number of aromatic nitrogens is 3. The second kappa shape index (κ2) is 6.26. The van der Waals surface area contributed by atoms with E-state index in [0.29, 0.717) is 11.5 Å². The minimum atomic E-state index is -0.0525. The van der Waals surface area contributed by atoms with Gasteiger partial charge in [-0.25, -0.2) is 4.98 Å². The molecular weight excluding hydrogens is 302 g/mol. The molecule has 4 rings (SSSR count). The van der Waals surface area contributed by atoms with Crippen molar-refractivity contribution >= 4 is 11.6 Å². The van der Waals surface area contributed by atoms with E-state index in [1.165, 1.54) is 18.5 Å². The Bertz CT molecular complexity index is 713. The molecule has 1 aliphatic carbocycles. The maximum absolute atomic E-state index is 12.6. The second-order valence-corrected chi connectivity index (χ2v) is 6.77. The number of hydrogen-bond donors (Lipinski definition) is 1. The molecule has 1 aromatic heterocycles. The minimum Gasteiger partial charge on any atom is -0.372 e. The monoisotopic (exact) mass is 325 g/mol. The topological polar surface area (TPSA) is 63.1 Å². The number of nitrogens with zero attached hydrogens (tertiary/aromatic N) is 4. The number of carbonyl (C=O) groups excluding carboxylic acids is 1. The summed E-state index contributed by atoms with van der Waals surface area (Å²) in [7, 11) is 1.87. The molecule has 1 N–H and O–H groups in total. The summed E-state index contributed by atoms with van der Waals surface area (Å²) in [6.45, 7) is 2.23. The molecule has 0 radical (unpaired) electrons. The van der Waals surface area contributed by atoms with Crippen molar-refractivity contribution in [2.75, 3.05) is 18.0 Å². The summed E-state index contributed by atoms with van der Waals surface area (Å²) in [5.74, 6) is 1.27. The van der Waals surface area contributed by atoms with E-state index < -0.39 is 0 Å². The van der Waals surface area contributed by atoms with Gasteiger partial charge in [0.15, 0.2) is 0 Å². The lowest BCUT2D eigenvalue weighted by Gasteiger charge is -2.19. The van der Waals surface area contributed by atoms with Crippen molar-refractivity contribution in [1.29, 1.82) is 0 Å². The van der Waals surface area contributed by atoms with Crippen molar-refractivity contribution in [2.24, 2.45) is 13.0 Å². The van der Waals surface area contributed by atoms with E-state index >= 15 is 0 Å². The Morgan fingerprint density at radius 2 is 1.92 bits per heavy atom. The van der Waals surface area contributed by atoms with E-state index in [0.717, 1.165) is 31.8 Å². The number of hydrogen-bond acceptors (Lipinski definition) is 4. The third-order valence-corrected chi connectivity index (χ3v) is 5.01. The van der Waals surface area contributed by atoms with Crippen LogP contribution in [0.1, 0.15) is 47.9 Å². The van der Waals surface area contributed by atoms with Gasteiger partial charge in [-0.1, -0.05) is 0 Å². The van der Waals surface area contributed by atoms with Gasteiger partial charge in [0.2, 0.25) is 0 Å². The van der Waals surface area contributed by atoms with Crippen LogP contribution in [0.4, 0.5) is 5.69 Å². The van der Waals surface area contributed by atoms with Gasteiger partial charge >= 0.3 is 0 Å². The van der Waals surface area contributed by atoms with Gasteiger partial charge in [0.1, 0.15) is 12.2 Å². The fraction of sp³-hybridized carbons (Fsp3) is 0.500. The summed E-state index contributed by atoms with van der Waals surface area (Å²) in [6, 6.07) is 7.89. The fourth-order valence-electron chi connectivity index (χ4n) is 3.43. The number of benzene rings is 1. The van der Waals surface area contributed by atoms with Gasteiger partial charge in [0.25, 0.3) is 5.91 Å². The fourth-order valence-corrected chi connectivity index (χ4v) is 3.43. The first kappa shape index (κ1) is 15.2. The van der Waals surface area contributed by atoms with Crippen LogP contribution >= 0.6 is 0 Å². The van der Waals surface area contributed by atoms with E-state index in [9.17, 15) is 4.79 Å². The summed E-state index contributed by atoms with van der Waals surface area (Å²) in [5, 5.41) is 7.28. The van der Waals surface area contributed by atoms with Gasteiger partial charge in [-0.2, -0.15) is 5.10 Å². The van der Waals surface area contributed by atoms with Crippen LogP contribution in [0.15, 0.2) is 30.6 Å². The van der Waals surface area contributed by atoms with E-state index in [1.807, 2.05) is 19.2 Å². The molecule has 1 atom stereocenters. The molecule has 1 aromatic carbocycles. The minimum absolute atomic E-state index is 0.0390. The van der Waals surface area contributed by atoms with Gasteiger partial charge in [-0.05, 0) is 55.9 Å². The Morgan fingerprint density at radius 3 is 2.50 bits per heavy atom. The third kappa shape index (κ3) is 3.00. The zero-order chi connectivity index (χ0) is 16.5. The van der Waals surface area contributed by atoms with E-state index in [1.54, 1.807) is 11.0 Å². The van der Waals surface area contributed by atoms with Gasteiger partial charge < -0.3 is 10.2 Å². The summed E-state index contributed by atoms with van der Waals surface area (Å²) in [6.07, 6.45) is 6.31. The first-order valence-electron chi connectivity index (χ1n) is 8.72. The van der Waals surface area contributed by atoms with Crippen LogP contribution in [0.5, 0.6) is 0 Å². The Balaban J connectivity index is 1.47. The second-order valence-electron chi connectivity index (χ2n) is 6.77. The zero-order valence-electron chi connectivity index (χ0n) is 14.0. The predicted molar refractivity (Wildman–Crippen MR) is 91.8 cm³/mol. The van der Waals surface area contributed by atoms with Crippen LogP contribution in [0.3, 0.4) is 0 Å². The first-order chi connectivity index (χ1) is 11.7. The van der Waals surface area contributed by atoms with Crippen molar-refractivity contribution < 1.29 is 4.79 Å². The molecule has 126 valence electrons. The van der Waals surface area contributed by atoms with Crippen molar-refractivity contribution in [2.45, 2.75) is 31.7 Å². The predicted octanol–water partition coefficient (Wildman–Crippen LogP) is 2.30. The first-order valence-corrected chi connectivity index (χ1v) is 8.72. The van der Waals surface area contributed by atoms with Crippen LogP contribution in [-0.2, 0) is 7.05 Å². The summed E-state index contributed by atoms with van der Waals surface area (Å²) in [4.78, 5) is 19.3. The number of amides is 1. The molecule has 1 saturated heterocycles. The average Bonchev–Trinajstić information content (AvgIpc) is 3.12. The Kier molecular flexibility index (Phi) is 3.96. The molecule has 6 heteroatoms. The highest BCUT2D eigenvalue weighted by Gasteiger charge is 2.36. The SMILES string of the molecule is Cn1ncnc1[C@@H](NC(=O)c1ccc(N2CCCC2)cc1)C1CC1. The highest BCUT2D eigenvalue weighted by molar-refractivity contribution is 5.94. The molecule has 2 heterocycles. The highest BCUT2D eigenvalue weighted by Crippen LogP contribution is 2.40. The van der Waals surface area contributed by atoms with Crippen LogP contribution in [0.2, 0.25) is 0 Å². The van der Waals surface area contributed by atoms with Crippen LogP contribution in [0.25, 0.3) is 0 Å². The van der Waals surface area contributed by atoms with E-state index in [2.05, 4.69) is 32.4 Å². The maximum atomic E-state index is 12.6. The van der Waals surface area contributed by atoms with Gasteiger partial charge in [0.05, 0.1) is 6.04 Å². The van der Waals surface area contributed by atoms with Crippen LogP contribution in [0, 0.1) is 5.92 Å². The lowest BCUT2D eigenvalue weighted by atomic mass is 10.1. The van der Waals surface area contributed by atoms with E-state index in [4.69, 9.17) is 0 Å². The van der Waals surface area contributed by atoms with Gasteiger partial charge in [-0.3, -0.25) is 9.48 Å². The smallest absolute Gasteiger partial charge is 0.251 e. The summed E-state index contributed by atoms with van der Waals surface area (Å²) in [5.41, 5.74) is 1.90. The number of aryl methyl sites for hydroxylation is 1. The molecule has 6 nitrogen and oxygen atoms in total. The molecule has 0 unspecified atom stereocenters. The molecule has 0 spiro atoms. The Hall–Kier alpha value is -2.37. The molecule has 24 heavy (non-hydrogen) atoms. The van der Waals surface area contributed by atoms with Crippen molar-refractivity contribution in [3.63, 3.8) is 0 Å². The third-order valence-electron chi connectivity index (χ3n) is 5.01. The highest BCUT2D eigenvalue weighted by atomic mass is 16.1. The largest absolute Gasteiger partial charge is 0.372 e. The normalized spacial score (nSPS) is 18.6. The number of carbonyl (C=O) groups is 1. The van der Waals surface area contributed by atoms with Crippen LogP contribution in [-0.4, -0.2) is 33.8 Å². The molecule has 1 aliphatic heterocycles. The van der Waals surface area contributed by atoms with E-state index in [-0.39, 0.29) is 11.9 Å².